The quantitative estimate of drug-likeness (QED) is 0.876. The van der Waals surface area contributed by atoms with E-state index in [2.05, 4.69) is 9.88 Å². The highest BCUT2D eigenvalue weighted by molar-refractivity contribution is 7.88. The van der Waals surface area contributed by atoms with Crippen molar-refractivity contribution in [2.45, 2.75) is 45.9 Å². The molecule has 126 valence electrons. The second-order valence-corrected chi connectivity index (χ2v) is 7.42. The number of benzene rings is 1. The Morgan fingerprint density at radius 3 is 2.52 bits per heavy atom. The maximum absolute atomic E-state index is 13.9. The molecular weight excluding hydrogens is 319 g/mol. The van der Waals surface area contributed by atoms with E-state index in [9.17, 15) is 12.8 Å². The van der Waals surface area contributed by atoms with Crippen molar-refractivity contribution >= 4 is 10.0 Å². The third-order valence-electron chi connectivity index (χ3n) is 3.72. The van der Waals surface area contributed by atoms with Crippen LogP contribution < -0.4 is 4.72 Å². The molecule has 0 aliphatic heterocycles. The summed E-state index contributed by atoms with van der Waals surface area (Å²) in [7, 11) is -3.70. The molecule has 1 unspecified atom stereocenters. The second-order valence-electron chi connectivity index (χ2n) is 5.67. The summed E-state index contributed by atoms with van der Waals surface area (Å²) in [6.07, 6.45) is 0.540. The van der Waals surface area contributed by atoms with Gasteiger partial charge in [0.1, 0.15) is 11.6 Å². The van der Waals surface area contributed by atoms with Crippen LogP contribution in [0, 0.1) is 26.6 Å². The fraction of sp³-hybridized carbons (Fsp3) is 0.438. The van der Waals surface area contributed by atoms with Gasteiger partial charge in [0.2, 0.25) is 10.0 Å². The molecule has 7 heteroatoms. The van der Waals surface area contributed by atoms with Crippen molar-refractivity contribution in [2.24, 2.45) is 0 Å². The van der Waals surface area contributed by atoms with Crippen LogP contribution in [0.2, 0.25) is 0 Å². The molecule has 1 aromatic heterocycles. The first-order valence-electron chi connectivity index (χ1n) is 7.41. The van der Waals surface area contributed by atoms with Crippen LogP contribution in [-0.4, -0.2) is 13.6 Å². The lowest BCUT2D eigenvalue weighted by atomic mass is 10.0. The molecule has 0 aliphatic rings. The molecule has 2 aromatic rings. The van der Waals surface area contributed by atoms with Gasteiger partial charge in [0, 0.05) is 11.1 Å². The number of hydrogen-bond acceptors (Lipinski definition) is 4. The van der Waals surface area contributed by atoms with Crippen LogP contribution in [0.25, 0.3) is 0 Å². The van der Waals surface area contributed by atoms with Gasteiger partial charge in [-0.2, -0.15) is 0 Å². The Hall–Kier alpha value is -1.73. The SMILES string of the molecule is CCC(NS(=O)(=O)Cc1ccc(C)cc1F)c1c(C)noc1C. The molecule has 1 aromatic carbocycles. The van der Waals surface area contributed by atoms with Gasteiger partial charge < -0.3 is 4.52 Å². The standard InChI is InChI=1S/C16H21FN2O3S/c1-5-15(16-11(3)18-22-12(16)4)19-23(20,21)9-13-7-6-10(2)8-14(13)17/h6-8,15,19H,5,9H2,1-4H3. The summed E-state index contributed by atoms with van der Waals surface area (Å²) in [5, 5.41) is 3.85. The lowest BCUT2D eigenvalue weighted by molar-refractivity contribution is 0.390. The van der Waals surface area contributed by atoms with Crippen molar-refractivity contribution in [3.63, 3.8) is 0 Å². The number of sulfonamides is 1. The van der Waals surface area contributed by atoms with E-state index in [4.69, 9.17) is 4.52 Å². The van der Waals surface area contributed by atoms with Crippen LogP contribution in [0.1, 0.15) is 47.5 Å². The summed E-state index contributed by atoms with van der Waals surface area (Å²) in [6, 6.07) is 4.08. The van der Waals surface area contributed by atoms with Crippen LogP contribution in [0.3, 0.4) is 0 Å². The fourth-order valence-electron chi connectivity index (χ4n) is 2.57. The molecule has 1 atom stereocenters. The van der Waals surface area contributed by atoms with E-state index in [0.717, 1.165) is 11.1 Å². The number of hydrogen-bond donors (Lipinski definition) is 1. The highest BCUT2D eigenvalue weighted by atomic mass is 32.2. The predicted molar refractivity (Wildman–Crippen MR) is 85.9 cm³/mol. The zero-order chi connectivity index (χ0) is 17.2. The van der Waals surface area contributed by atoms with Gasteiger partial charge in [-0.25, -0.2) is 17.5 Å². The maximum atomic E-state index is 13.9. The van der Waals surface area contributed by atoms with Gasteiger partial charge in [0.15, 0.2) is 0 Å². The molecule has 0 amide bonds. The highest BCUT2D eigenvalue weighted by Gasteiger charge is 2.24. The fourth-order valence-corrected chi connectivity index (χ4v) is 4.01. The molecular formula is C16H21FN2O3S. The summed E-state index contributed by atoms with van der Waals surface area (Å²) < 4.78 is 46.4. The van der Waals surface area contributed by atoms with Crippen molar-refractivity contribution in [3.05, 3.63) is 52.2 Å². The monoisotopic (exact) mass is 340 g/mol. The molecule has 0 saturated carbocycles. The number of nitrogens with zero attached hydrogens (tertiary/aromatic N) is 1. The molecule has 0 fully saturated rings. The van der Waals surface area contributed by atoms with Gasteiger partial charge in [-0.1, -0.05) is 24.2 Å². The van der Waals surface area contributed by atoms with Gasteiger partial charge in [-0.05, 0) is 38.8 Å². The Morgan fingerprint density at radius 1 is 1.30 bits per heavy atom. The number of rotatable bonds is 6. The molecule has 1 heterocycles. The summed E-state index contributed by atoms with van der Waals surface area (Å²) in [5.41, 5.74) is 2.29. The molecule has 23 heavy (non-hydrogen) atoms. The van der Waals surface area contributed by atoms with Gasteiger partial charge in [0.05, 0.1) is 17.5 Å². The first-order valence-corrected chi connectivity index (χ1v) is 9.06. The van der Waals surface area contributed by atoms with E-state index < -0.39 is 27.6 Å². The molecule has 0 saturated heterocycles. The number of halogens is 1. The van der Waals surface area contributed by atoms with Gasteiger partial charge in [-0.3, -0.25) is 0 Å². The van der Waals surface area contributed by atoms with Crippen molar-refractivity contribution in [3.8, 4) is 0 Å². The van der Waals surface area contributed by atoms with E-state index in [1.807, 2.05) is 6.92 Å². The summed E-state index contributed by atoms with van der Waals surface area (Å²) >= 11 is 0. The van der Waals surface area contributed by atoms with Crippen LogP contribution in [0.4, 0.5) is 4.39 Å². The smallest absolute Gasteiger partial charge is 0.216 e. The van der Waals surface area contributed by atoms with Crippen molar-refractivity contribution in [2.75, 3.05) is 0 Å². The predicted octanol–water partition coefficient (Wildman–Crippen LogP) is 3.31. The minimum absolute atomic E-state index is 0.150. The van der Waals surface area contributed by atoms with Crippen molar-refractivity contribution < 1.29 is 17.3 Å². The number of nitrogens with one attached hydrogen (secondary N) is 1. The first kappa shape index (κ1) is 17.6. The summed E-state index contributed by atoms with van der Waals surface area (Å²) in [4.78, 5) is 0. The van der Waals surface area contributed by atoms with Crippen LogP contribution >= 0.6 is 0 Å². The zero-order valence-corrected chi connectivity index (χ0v) is 14.5. The minimum atomic E-state index is -3.70. The Morgan fingerprint density at radius 2 is 2.00 bits per heavy atom. The topological polar surface area (TPSA) is 72.2 Å². The van der Waals surface area contributed by atoms with E-state index in [1.54, 1.807) is 26.8 Å². The Labute approximate surface area is 135 Å². The van der Waals surface area contributed by atoms with E-state index >= 15 is 0 Å². The van der Waals surface area contributed by atoms with Gasteiger partial charge in [0.25, 0.3) is 0 Å². The number of aryl methyl sites for hydroxylation is 3. The molecule has 0 bridgehead atoms. The van der Waals surface area contributed by atoms with Crippen LogP contribution in [-0.2, 0) is 15.8 Å². The molecule has 5 nitrogen and oxygen atoms in total. The van der Waals surface area contributed by atoms with Crippen LogP contribution in [0.15, 0.2) is 22.7 Å². The van der Waals surface area contributed by atoms with E-state index in [1.165, 1.54) is 12.1 Å². The van der Waals surface area contributed by atoms with E-state index in [-0.39, 0.29) is 5.56 Å². The average Bonchev–Trinajstić information content (AvgIpc) is 2.79. The third-order valence-corrected chi connectivity index (χ3v) is 5.06. The van der Waals surface area contributed by atoms with Crippen molar-refractivity contribution in [1.82, 2.24) is 9.88 Å². The Balaban J connectivity index is 2.22. The largest absolute Gasteiger partial charge is 0.361 e. The molecule has 0 radical (unpaired) electrons. The Kier molecular flexibility index (Phi) is 5.21. The first-order chi connectivity index (χ1) is 10.7. The highest BCUT2D eigenvalue weighted by Crippen LogP contribution is 2.25. The molecule has 0 aliphatic carbocycles. The maximum Gasteiger partial charge on any atom is 0.216 e. The molecule has 1 N–H and O–H groups in total. The lowest BCUT2D eigenvalue weighted by Gasteiger charge is -2.17. The normalized spacial score (nSPS) is 13.3. The van der Waals surface area contributed by atoms with Gasteiger partial charge >= 0.3 is 0 Å². The zero-order valence-electron chi connectivity index (χ0n) is 13.7. The Bertz CT molecular complexity index is 780. The van der Waals surface area contributed by atoms with Gasteiger partial charge in [-0.15, -0.1) is 0 Å². The summed E-state index contributed by atoms with van der Waals surface area (Å²) in [5.74, 6) is -0.335. The molecule has 0 spiro atoms. The molecule has 2 rings (SSSR count). The average molecular weight is 340 g/mol. The minimum Gasteiger partial charge on any atom is -0.361 e. The number of aromatic nitrogens is 1. The van der Waals surface area contributed by atoms with E-state index in [0.29, 0.717) is 17.9 Å². The third kappa shape index (κ3) is 4.17. The summed E-state index contributed by atoms with van der Waals surface area (Å²) in [6.45, 7) is 7.13. The van der Waals surface area contributed by atoms with Crippen LogP contribution in [0.5, 0.6) is 0 Å². The lowest BCUT2D eigenvalue weighted by Crippen LogP contribution is -2.30. The second kappa shape index (κ2) is 6.80. The van der Waals surface area contributed by atoms with Crippen molar-refractivity contribution in [1.29, 1.82) is 0 Å².